The van der Waals surface area contributed by atoms with Crippen molar-refractivity contribution in [2.75, 3.05) is 19.8 Å². The SMILES string of the molecule is CC(C)(C)N1CCCC12CCOC2. The molecule has 0 aromatic rings. The van der Waals surface area contributed by atoms with Crippen LogP contribution in [0.2, 0.25) is 0 Å². The summed E-state index contributed by atoms with van der Waals surface area (Å²) in [4.78, 5) is 2.66. The molecule has 0 radical (unpaired) electrons. The zero-order valence-corrected chi connectivity index (χ0v) is 9.10. The fraction of sp³-hybridized carbons (Fsp3) is 1.00. The maximum absolute atomic E-state index is 5.57. The summed E-state index contributed by atoms with van der Waals surface area (Å²) in [6.07, 6.45) is 3.93. The van der Waals surface area contributed by atoms with Crippen molar-refractivity contribution in [2.24, 2.45) is 0 Å². The molecule has 2 fully saturated rings. The highest BCUT2D eigenvalue weighted by Crippen LogP contribution is 2.40. The first-order chi connectivity index (χ1) is 6.05. The van der Waals surface area contributed by atoms with Crippen LogP contribution in [0.5, 0.6) is 0 Å². The Balaban J connectivity index is 2.18. The maximum atomic E-state index is 5.57. The molecule has 0 aromatic heterocycles. The number of rotatable bonds is 0. The Morgan fingerprint density at radius 2 is 2.00 bits per heavy atom. The molecule has 0 aliphatic carbocycles. The van der Waals surface area contributed by atoms with Gasteiger partial charge >= 0.3 is 0 Å². The molecule has 76 valence electrons. The van der Waals surface area contributed by atoms with Gasteiger partial charge in [0.25, 0.3) is 0 Å². The van der Waals surface area contributed by atoms with E-state index in [0.29, 0.717) is 11.1 Å². The van der Waals surface area contributed by atoms with Crippen molar-refractivity contribution >= 4 is 0 Å². The molecule has 0 amide bonds. The van der Waals surface area contributed by atoms with Gasteiger partial charge in [-0.1, -0.05) is 0 Å². The van der Waals surface area contributed by atoms with Crippen LogP contribution in [-0.2, 0) is 4.74 Å². The highest BCUT2D eigenvalue weighted by atomic mass is 16.5. The molecular weight excluding hydrogens is 162 g/mol. The normalized spacial score (nSPS) is 36.2. The summed E-state index contributed by atoms with van der Waals surface area (Å²) >= 11 is 0. The Morgan fingerprint density at radius 1 is 1.23 bits per heavy atom. The molecule has 1 spiro atoms. The number of ether oxygens (including phenoxy) is 1. The fourth-order valence-corrected chi connectivity index (χ4v) is 2.99. The molecule has 0 bridgehead atoms. The minimum Gasteiger partial charge on any atom is -0.379 e. The average Bonchev–Trinajstić information content (AvgIpc) is 2.60. The van der Waals surface area contributed by atoms with Crippen molar-refractivity contribution in [1.29, 1.82) is 0 Å². The van der Waals surface area contributed by atoms with Gasteiger partial charge < -0.3 is 4.74 Å². The molecule has 2 aliphatic heterocycles. The molecule has 13 heavy (non-hydrogen) atoms. The Hall–Kier alpha value is -0.0800. The van der Waals surface area contributed by atoms with Crippen molar-refractivity contribution in [3.63, 3.8) is 0 Å². The monoisotopic (exact) mass is 183 g/mol. The van der Waals surface area contributed by atoms with E-state index >= 15 is 0 Å². The van der Waals surface area contributed by atoms with Gasteiger partial charge in [0.1, 0.15) is 0 Å². The zero-order chi connectivity index (χ0) is 9.53. The van der Waals surface area contributed by atoms with Gasteiger partial charge in [0.2, 0.25) is 0 Å². The third-order valence-corrected chi connectivity index (χ3v) is 3.49. The highest BCUT2D eigenvalue weighted by molar-refractivity contribution is 5.02. The van der Waals surface area contributed by atoms with Crippen LogP contribution in [0, 0.1) is 0 Å². The third kappa shape index (κ3) is 1.50. The Bertz CT molecular complexity index is 183. The van der Waals surface area contributed by atoms with E-state index < -0.39 is 0 Å². The molecule has 2 nitrogen and oxygen atoms in total. The van der Waals surface area contributed by atoms with Crippen molar-refractivity contribution in [3.05, 3.63) is 0 Å². The largest absolute Gasteiger partial charge is 0.379 e. The Morgan fingerprint density at radius 3 is 2.54 bits per heavy atom. The summed E-state index contributed by atoms with van der Waals surface area (Å²) in [6.45, 7) is 10.1. The summed E-state index contributed by atoms with van der Waals surface area (Å²) in [5, 5.41) is 0. The van der Waals surface area contributed by atoms with Crippen LogP contribution in [-0.4, -0.2) is 35.7 Å². The van der Waals surface area contributed by atoms with E-state index in [2.05, 4.69) is 25.7 Å². The summed E-state index contributed by atoms with van der Waals surface area (Å²) in [7, 11) is 0. The van der Waals surface area contributed by atoms with E-state index in [1.807, 2.05) is 0 Å². The molecule has 2 heterocycles. The smallest absolute Gasteiger partial charge is 0.0651 e. The summed E-state index contributed by atoms with van der Waals surface area (Å²) in [5.74, 6) is 0. The second-order valence-corrected chi connectivity index (χ2v) is 5.45. The van der Waals surface area contributed by atoms with Crippen molar-refractivity contribution in [2.45, 2.75) is 51.1 Å². The van der Waals surface area contributed by atoms with Crippen LogP contribution in [0.1, 0.15) is 40.0 Å². The van der Waals surface area contributed by atoms with Gasteiger partial charge in [-0.15, -0.1) is 0 Å². The van der Waals surface area contributed by atoms with E-state index in [0.717, 1.165) is 13.2 Å². The minimum atomic E-state index is 0.310. The summed E-state index contributed by atoms with van der Waals surface area (Å²) in [6, 6.07) is 0. The molecule has 2 rings (SSSR count). The number of hydrogen-bond donors (Lipinski definition) is 0. The first-order valence-corrected chi connectivity index (χ1v) is 5.40. The molecule has 0 aromatic carbocycles. The lowest BCUT2D eigenvalue weighted by molar-refractivity contribution is 0.0326. The number of hydrogen-bond acceptors (Lipinski definition) is 2. The third-order valence-electron chi connectivity index (χ3n) is 3.49. The lowest BCUT2D eigenvalue weighted by Gasteiger charge is -2.43. The van der Waals surface area contributed by atoms with E-state index in [-0.39, 0.29) is 0 Å². The van der Waals surface area contributed by atoms with Crippen LogP contribution in [0.25, 0.3) is 0 Å². The molecule has 2 saturated heterocycles. The maximum Gasteiger partial charge on any atom is 0.0651 e. The van der Waals surface area contributed by atoms with Crippen LogP contribution in [0.3, 0.4) is 0 Å². The molecule has 2 aliphatic rings. The summed E-state index contributed by atoms with van der Waals surface area (Å²) < 4.78 is 5.57. The van der Waals surface area contributed by atoms with Gasteiger partial charge in [-0.2, -0.15) is 0 Å². The molecule has 1 unspecified atom stereocenters. The quantitative estimate of drug-likeness (QED) is 0.570. The summed E-state index contributed by atoms with van der Waals surface area (Å²) in [5.41, 5.74) is 0.711. The molecular formula is C11H21NO. The number of nitrogens with zero attached hydrogens (tertiary/aromatic N) is 1. The molecule has 0 saturated carbocycles. The van der Waals surface area contributed by atoms with Gasteiger partial charge in [-0.3, -0.25) is 4.90 Å². The second kappa shape index (κ2) is 2.96. The van der Waals surface area contributed by atoms with Crippen molar-refractivity contribution in [3.8, 4) is 0 Å². The van der Waals surface area contributed by atoms with Gasteiger partial charge in [0, 0.05) is 17.7 Å². The standard InChI is InChI=1S/C11H21NO/c1-10(2,3)12-7-4-5-11(12)6-8-13-9-11/h4-9H2,1-3H3. The average molecular weight is 183 g/mol. The molecule has 0 N–H and O–H groups in total. The van der Waals surface area contributed by atoms with Gasteiger partial charge in [-0.25, -0.2) is 0 Å². The minimum absolute atomic E-state index is 0.310. The van der Waals surface area contributed by atoms with Crippen molar-refractivity contribution in [1.82, 2.24) is 4.90 Å². The number of likely N-dealkylation sites (tertiary alicyclic amines) is 1. The van der Waals surface area contributed by atoms with E-state index in [1.54, 1.807) is 0 Å². The highest BCUT2D eigenvalue weighted by Gasteiger charge is 2.47. The van der Waals surface area contributed by atoms with Crippen LogP contribution in [0.15, 0.2) is 0 Å². The molecule has 1 atom stereocenters. The first-order valence-electron chi connectivity index (χ1n) is 5.40. The van der Waals surface area contributed by atoms with E-state index in [1.165, 1.54) is 25.8 Å². The van der Waals surface area contributed by atoms with E-state index in [4.69, 9.17) is 4.74 Å². The van der Waals surface area contributed by atoms with Crippen LogP contribution in [0.4, 0.5) is 0 Å². The second-order valence-electron chi connectivity index (χ2n) is 5.45. The first kappa shape index (κ1) is 9.47. The predicted octanol–water partition coefficient (Wildman–Crippen LogP) is 2.04. The van der Waals surface area contributed by atoms with Gasteiger partial charge in [0.15, 0.2) is 0 Å². The molecule has 2 heteroatoms. The lowest BCUT2D eigenvalue weighted by atomic mass is 9.91. The van der Waals surface area contributed by atoms with Crippen LogP contribution < -0.4 is 0 Å². The Labute approximate surface area is 81.3 Å². The Kier molecular flexibility index (Phi) is 2.16. The van der Waals surface area contributed by atoms with Crippen molar-refractivity contribution < 1.29 is 4.74 Å². The topological polar surface area (TPSA) is 12.5 Å². The predicted molar refractivity (Wildman–Crippen MR) is 53.9 cm³/mol. The van der Waals surface area contributed by atoms with Crippen LogP contribution >= 0.6 is 0 Å². The van der Waals surface area contributed by atoms with Gasteiger partial charge in [0.05, 0.1) is 6.61 Å². The lowest BCUT2D eigenvalue weighted by Crippen LogP contribution is -2.53. The van der Waals surface area contributed by atoms with Gasteiger partial charge in [-0.05, 0) is 46.6 Å². The fourth-order valence-electron chi connectivity index (χ4n) is 2.99. The zero-order valence-electron chi connectivity index (χ0n) is 9.10. The van der Waals surface area contributed by atoms with E-state index in [9.17, 15) is 0 Å².